The summed E-state index contributed by atoms with van der Waals surface area (Å²) in [5.41, 5.74) is 1.67. The van der Waals surface area contributed by atoms with Gasteiger partial charge in [-0.05, 0) is 69.0 Å². The molecular formula is C27H35N3O5S. The maximum Gasteiger partial charge on any atom is 0.254 e. The van der Waals surface area contributed by atoms with Crippen LogP contribution in [0.1, 0.15) is 50.7 Å². The lowest BCUT2D eigenvalue weighted by molar-refractivity contribution is -0.138. The maximum absolute atomic E-state index is 13.7. The first-order valence-corrected chi connectivity index (χ1v) is 13.8. The van der Waals surface area contributed by atoms with Gasteiger partial charge in [0.2, 0.25) is 10.0 Å². The molecule has 0 aromatic heterocycles. The van der Waals surface area contributed by atoms with Gasteiger partial charge < -0.3 is 9.47 Å². The van der Waals surface area contributed by atoms with Crippen LogP contribution in [0.3, 0.4) is 0 Å². The number of amides is 1. The molecule has 0 spiro atoms. The minimum atomic E-state index is -3.58. The first kappa shape index (κ1) is 26.2. The van der Waals surface area contributed by atoms with Crippen molar-refractivity contribution >= 4 is 21.6 Å². The molecule has 1 amide bonds. The number of rotatable bonds is 8. The summed E-state index contributed by atoms with van der Waals surface area (Å²) in [6.45, 7) is 6.58. The second-order valence-corrected chi connectivity index (χ2v) is 11.6. The number of hydrazone groups is 1. The van der Waals surface area contributed by atoms with Gasteiger partial charge in [0, 0.05) is 18.7 Å². The van der Waals surface area contributed by atoms with Crippen molar-refractivity contribution in [3.8, 4) is 11.5 Å². The van der Waals surface area contributed by atoms with Gasteiger partial charge in [0.25, 0.3) is 5.91 Å². The zero-order valence-corrected chi connectivity index (χ0v) is 22.5. The van der Waals surface area contributed by atoms with Crippen LogP contribution in [0.4, 0.5) is 0 Å². The number of ether oxygens (including phenoxy) is 2. The number of methoxy groups -OCH3 is 2. The molecule has 2 heterocycles. The molecule has 0 saturated carbocycles. The van der Waals surface area contributed by atoms with Crippen LogP contribution in [0, 0.1) is 12.3 Å². The normalized spacial score (nSPS) is 21.5. The number of piperidine rings is 1. The number of hydrogen-bond donors (Lipinski definition) is 0. The monoisotopic (exact) mass is 513 g/mol. The van der Waals surface area contributed by atoms with Gasteiger partial charge in [-0.15, -0.1) is 0 Å². The molecule has 2 aromatic carbocycles. The minimum absolute atomic E-state index is 0.0332. The van der Waals surface area contributed by atoms with Crippen LogP contribution >= 0.6 is 0 Å². The van der Waals surface area contributed by atoms with Gasteiger partial charge in [0.05, 0.1) is 36.3 Å². The van der Waals surface area contributed by atoms with Gasteiger partial charge in [-0.25, -0.2) is 13.4 Å². The molecule has 0 aliphatic carbocycles. The molecule has 2 aliphatic heterocycles. The Morgan fingerprint density at radius 3 is 2.36 bits per heavy atom. The van der Waals surface area contributed by atoms with Crippen molar-refractivity contribution < 1.29 is 22.7 Å². The third kappa shape index (κ3) is 4.62. The number of hydrogen-bond acceptors (Lipinski definition) is 6. The fourth-order valence-electron chi connectivity index (χ4n) is 5.20. The molecular weight excluding hydrogens is 478 g/mol. The van der Waals surface area contributed by atoms with Crippen LogP contribution < -0.4 is 9.47 Å². The molecule has 0 radical (unpaired) electrons. The van der Waals surface area contributed by atoms with E-state index in [1.54, 1.807) is 37.4 Å². The Labute approximate surface area is 213 Å². The molecule has 2 aliphatic rings. The number of sulfonamides is 1. The highest BCUT2D eigenvalue weighted by molar-refractivity contribution is 7.89. The lowest BCUT2D eigenvalue weighted by Crippen LogP contribution is -2.48. The fourth-order valence-corrected chi connectivity index (χ4v) is 6.78. The Kier molecular flexibility index (Phi) is 7.43. The summed E-state index contributed by atoms with van der Waals surface area (Å²) in [6, 6.07) is 12.4. The summed E-state index contributed by atoms with van der Waals surface area (Å²) < 4.78 is 38.7. The fraction of sp³-hybridized carbons (Fsp3) is 0.481. The lowest BCUT2D eigenvalue weighted by Gasteiger charge is -2.35. The van der Waals surface area contributed by atoms with E-state index in [4.69, 9.17) is 14.6 Å². The van der Waals surface area contributed by atoms with Crippen LogP contribution in [0.15, 0.2) is 52.5 Å². The van der Waals surface area contributed by atoms with Crippen LogP contribution in [0.25, 0.3) is 0 Å². The van der Waals surface area contributed by atoms with E-state index in [0.29, 0.717) is 54.5 Å². The molecule has 9 heteroatoms. The van der Waals surface area contributed by atoms with Gasteiger partial charge >= 0.3 is 0 Å². The molecule has 1 atom stereocenters. The van der Waals surface area contributed by atoms with Crippen molar-refractivity contribution in [2.45, 2.75) is 57.4 Å². The van der Waals surface area contributed by atoms with E-state index in [1.165, 1.54) is 4.31 Å². The Bertz CT molecular complexity index is 1270. The van der Waals surface area contributed by atoms with Crippen LogP contribution in [-0.2, 0) is 14.8 Å². The van der Waals surface area contributed by atoms with Crippen molar-refractivity contribution in [3.05, 3.63) is 53.6 Å². The van der Waals surface area contributed by atoms with E-state index >= 15 is 0 Å². The maximum atomic E-state index is 13.7. The third-order valence-electron chi connectivity index (χ3n) is 7.21. The van der Waals surface area contributed by atoms with E-state index in [1.807, 2.05) is 38.1 Å². The van der Waals surface area contributed by atoms with Crippen molar-refractivity contribution in [2.24, 2.45) is 10.5 Å². The average Bonchev–Trinajstić information content (AvgIpc) is 3.14. The van der Waals surface area contributed by atoms with Crippen molar-refractivity contribution in [1.29, 1.82) is 0 Å². The zero-order chi connectivity index (χ0) is 26.1. The van der Waals surface area contributed by atoms with E-state index in [-0.39, 0.29) is 11.9 Å². The molecule has 0 bridgehead atoms. The summed E-state index contributed by atoms with van der Waals surface area (Å²) in [7, 11) is -0.408. The topological polar surface area (TPSA) is 88.5 Å². The van der Waals surface area contributed by atoms with Gasteiger partial charge in [-0.1, -0.05) is 25.5 Å². The van der Waals surface area contributed by atoms with Gasteiger partial charge in [0.15, 0.2) is 11.5 Å². The van der Waals surface area contributed by atoms with E-state index < -0.39 is 15.4 Å². The highest BCUT2D eigenvalue weighted by atomic mass is 32.2. The first-order chi connectivity index (χ1) is 17.1. The summed E-state index contributed by atoms with van der Waals surface area (Å²) in [5.74, 6) is 1.16. The Morgan fingerprint density at radius 2 is 1.75 bits per heavy atom. The Morgan fingerprint density at radius 1 is 1.06 bits per heavy atom. The van der Waals surface area contributed by atoms with Gasteiger partial charge in [0.1, 0.15) is 0 Å². The van der Waals surface area contributed by atoms with Crippen LogP contribution in [0.2, 0.25) is 0 Å². The van der Waals surface area contributed by atoms with Crippen LogP contribution in [-0.4, -0.2) is 62.7 Å². The Hall–Kier alpha value is -2.91. The van der Waals surface area contributed by atoms with Gasteiger partial charge in [-0.2, -0.15) is 9.41 Å². The summed E-state index contributed by atoms with van der Waals surface area (Å²) in [6.07, 6.45) is 2.55. The van der Waals surface area contributed by atoms with Gasteiger partial charge in [-0.3, -0.25) is 4.79 Å². The standard InChI is InChI=1S/C27H35N3O5S/c1-6-14-27(3)25(20-10-11-23(34-4)24(18-20)35-5)28-30(26(27)31)21-12-15-29(16-13-21)36(32,33)22-9-7-8-19(2)17-22/h7-11,17-18,21H,6,12-16H2,1-5H3. The van der Waals surface area contributed by atoms with E-state index in [9.17, 15) is 13.2 Å². The molecule has 1 saturated heterocycles. The van der Waals surface area contributed by atoms with E-state index in [2.05, 4.69) is 6.92 Å². The number of carbonyl (C=O) groups excluding carboxylic acids is 1. The number of carbonyl (C=O) groups is 1. The SMILES string of the molecule is CCCC1(C)C(=O)N(C2CCN(S(=O)(=O)c3cccc(C)c3)CC2)N=C1c1ccc(OC)c(OC)c1. The smallest absolute Gasteiger partial charge is 0.254 e. The molecule has 36 heavy (non-hydrogen) atoms. The van der Waals surface area contributed by atoms with E-state index in [0.717, 1.165) is 17.5 Å². The minimum Gasteiger partial charge on any atom is -0.493 e. The molecule has 1 fully saturated rings. The Balaban J connectivity index is 1.58. The number of nitrogens with zero attached hydrogens (tertiary/aromatic N) is 3. The predicted octanol–water partition coefficient (Wildman–Crippen LogP) is 4.22. The molecule has 2 aromatic rings. The number of aryl methyl sites for hydroxylation is 1. The molecule has 4 rings (SSSR count). The molecule has 8 nitrogen and oxygen atoms in total. The predicted molar refractivity (Wildman–Crippen MR) is 139 cm³/mol. The quantitative estimate of drug-likeness (QED) is 0.527. The average molecular weight is 514 g/mol. The van der Waals surface area contributed by atoms with Crippen molar-refractivity contribution in [2.75, 3.05) is 27.3 Å². The largest absolute Gasteiger partial charge is 0.493 e. The summed E-state index contributed by atoms with van der Waals surface area (Å²) in [5, 5.41) is 6.47. The molecule has 0 N–H and O–H groups in total. The second-order valence-electron chi connectivity index (χ2n) is 9.70. The van der Waals surface area contributed by atoms with Crippen LogP contribution in [0.5, 0.6) is 11.5 Å². The summed E-state index contributed by atoms with van der Waals surface area (Å²) >= 11 is 0. The third-order valence-corrected chi connectivity index (χ3v) is 9.11. The first-order valence-electron chi connectivity index (χ1n) is 12.4. The molecule has 194 valence electrons. The zero-order valence-electron chi connectivity index (χ0n) is 21.7. The molecule has 1 unspecified atom stereocenters. The summed E-state index contributed by atoms with van der Waals surface area (Å²) in [4.78, 5) is 14.0. The van der Waals surface area contributed by atoms with Crippen molar-refractivity contribution in [3.63, 3.8) is 0 Å². The number of benzene rings is 2. The second kappa shape index (κ2) is 10.2. The highest BCUT2D eigenvalue weighted by Crippen LogP contribution is 2.41. The van der Waals surface area contributed by atoms with Crippen molar-refractivity contribution in [1.82, 2.24) is 9.31 Å². The lowest BCUT2D eigenvalue weighted by atomic mass is 9.77. The highest BCUT2D eigenvalue weighted by Gasteiger charge is 2.49.